The molecule has 0 saturated heterocycles. The largest absolute Gasteiger partial charge is 0.505 e. The smallest absolute Gasteiger partial charge is 0.192 e. The summed E-state index contributed by atoms with van der Waals surface area (Å²) in [5.74, 6) is 0.784. The molecule has 0 aromatic heterocycles. The fourth-order valence-corrected chi connectivity index (χ4v) is 2.66. The molecule has 0 unspecified atom stereocenters. The summed E-state index contributed by atoms with van der Waals surface area (Å²) < 4.78 is 11.1. The molecule has 19 heavy (non-hydrogen) atoms. The van der Waals surface area contributed by atoms with Crippen LogP contribution in [-0.2, 0) is 0 Å². The molecule has 0 bridgehead atoms. The highest BCUT2D eigenvalue weighted by atomic mass is 35.5. The predicted octanol–water partition coefficient (Wildman–Crippen LogP) is 5.90. The maximum Gasteiger partial charge on any atom is 0.192 e. The number of aromatic hydroxyl groups is 1. The minimum atomic E-state index is -0.276. The van der Waals surface area contributed by atoms with E-state index >= 15 is 0 Å². The van der Waals surface area contributed by atoms with Gasteiger partial charge in [0.2, 0.25) is 0 Å². The fourth-order valence-electron chi connectivity index (χ4n) is 1.67. The van der Waals surface area contributed by atoms with Crippen LogP contribution in [0.3, 0.4) is 0 Å². The zero-order valence-corrected chi connectivity index (χ0v) is 12.0. The molecule has 0 radical (unpaired) electrons. The zero-order valence-electron chi connectivity index (χ0n) is 9.01. The Hall–Kier alpha value is -1.00. The predicted molar refractivity (Wildman–Crippen MR) is 74.7 cm³/mol. The Morgan fingerprint density at radius 3 is 2.16 bits per heavy atom. The van der Waals surface area contributed by atoms with Gasteiger partial charge in [-0.25, -0.2) is 0 Å². The molecule has 0 spiro atoms. The Morgan fingerprint density at radius 2 is 1.42 bits per heavy atom. The van der Waals surface area contributed by atoms with Crippen molar-refractivity contribution in [3.05, 3.63) is 38.3 Å². The van der Waals surface area contributed by atoms with Crippen LogP contribution >= 0.6 is 46.4 Å². The van der Waals surface area contributed by atoms with Gasteiger partial charge in [-0.3, -0.25) is 0 Å². The van der Waals surface area contributed by atoms with E-state index in [0.29, 0.717) is 21.5 Å². The van der Waals surface area contributed by atoms with E-state index in [9.17, 15) is 5.11 Å². The highest BCUT2D eigenvalue weighted by molar-refractivity contribution is 6.38. The van der Waals surface area contributed by atoms with Crippen LogP contribution in [0.4, 0.5) is 0 Å². The van der Waals surface area contributed by atoms with Gasteiger partial charge < -0.3 is 14.6 Å². The summed E-state index contributed by atoms with van der Waals surface area (Å²) in [6, 6.07) is 4.46. The van der Waals surface area contributed by atoms with Crippen LogP contribution in [0.1, 0.15) is 0 Å². The minimum Gasteiger partial charge on any atom is -0.505 e. The van der Waals surface area contributed by atoms with Crippen molar-refractivity contribution in [1.82, 2.24) is 0 Å². The third kappa shape index (κ3) is 2.07. The molecule has 1 aliphatic rings. The Kier molecular flexibility index (Phi) is 3.10. The van der Waals surface area contributed by atoms with Crippen molar-refractivity contribution in [2.45, 2.75) is 0 Å². The number of phenols is 1. The Labute approximate surface area is 128 Å². The van der Waals surface area contributed by atoms with Crippen LogP contribution in [0, 0.1) is 0 Å². The molecule has 0 saturated carbocycles. The summed E-state index contributed by atoms with van der Waals surface area (Å²) in [7, 11) is 0. The lowest BCUT2D eigenvalue weighted by Gasteiger charge is -2.23. The lowest BCUT2D eigenvalue weighted by Crippen LogP contribution is -2.00. The van der Waals surface area contributed by atoms with Crippen molar-refractivity contribution in [3.63, 3.8) is 0 Å². The van der Waals surface area contributed by atoms with Gasteiger partial charge in [0.15, 0.2) is 28.7 Å². The van der Waals surface area contributed by atoms with Gasteiger partial charge in [0.05, 0.1) is 10.0 Å². The van der Waals surface area contributed by atoms with Crippen molar-refractivity contribution in [2.75, 3.05) is 0 Å². The summed E-state index contributed by atoms with van der Waals surface area (Å²) >= 11 is 23.7. The molecule has 2 aromatic carbocycles. The standard InChI is InChI=1S/C12H4Cl4O3/c13-4-1-6(15)11-7(2-4)19-12-8(18-11)3-5(14)10(17)9(12)16/h1-3,17H. The van der Waals surface area contributed by atoms with Crippen molar-refractivity contribution in [2.24, 2.45) is 0 Å². The monoisotopic (exact) mass is 336 g/mol. The van der Waals surface area contributed by atoms with E-state index in [1.807, 2.05) is 0 Å². The first-order valence-electron chi connectivity index (χ1n) is 5.03. The van der Waals surface area contributed by atoms with Crippen molar-refractivity contribution in [1.29, 1.82) is 0 Å². The Balaban J connectivity index is 2.20. The SMILES string of the molecule is Oc1c(Cl)cc2c(c1Cl)Oc1cc(Cl)cc(Cl)c1O2. The molecule has 0 amide bonds. The van der Waals surface area contributed by atoms with Crippen molar-refractivity contribution < 1.29 is 14.6 Å². The average molecular weight is 338 g/mol. The van der Waals surface area contributed by atoms with Gasteiger partial charge in [-0.15, -0.1) is 0 Å². The second-order valence-electron chi connectivity index (χ2n) is 3.77. The molecule has 3 nitrogen and oxygen atoms in total. The number of hydrogen-bond donors (Lipinski definition) is 1. The molecule has 0 fully saturated rings. The van der Waals surface area contributed by atoms with E-state index in [4.69, 9.17) is 55.9 Å². The van der Waals surface area contributed by atoms with Gasteiger partial charge >= 0.3 is 0 Å². The third-order valence-corrected chi connectivity index (χ3v) is 3.65. The summed E-state index contributed by atoms with van der Waals surface area (Å²) in [6.07, 6.45) is 0. The van der Waals surface area contributed by atoms with E-state index in [-0.39, 0.29) is 27.3 Å². The molecule has 98 valence electrons. The van der Waals surface area contributed by atoms with Crippen LogP contribution in [0.5, 0.6) is 28.7 Å². The Bertz CT molecular complexity index is 700. The maximum atomic E-state index is 9.67. The number of rotatable bonds is 0. The van der Waals surface area contributed by atoms with Gasteiger partial charge in [-0.1, -0.05) is 46.4 Å². The third-order valence-electron chi connectivity index (χ3n) is 2.51. The van der Waals surface area contributed by atoms with Crippen LogP contribution in [0.15, 0.2) is 18.2 Å². The quantitative estimate of drug-likeness (QED) is 0.554. The second kappa shape index (κ2) is 4.53. The first-order valence-corrected chi connectivity index (χ1v) is 6.54. The van der Waals surface area contributed by atoms with Crippen molar-refractivity contribution >= 4 is 46.4 Å². The molecule has 0 atom stereocenters. The van der Waals surface area contributed by atoms with Crippen LogP contribution in [0.25, 0.3) is 0 Å². The normalized spacial score (nSPS) is 12.2. The van der Waals surface area contributed by atoms with E-state index in [1.165, 1.54) is 18.2 Å². The van der Waals surface area contributed by atoms with Gasteiger partial charge in [0.1, 0.15) is 5.02 Å². The first kappa shape index (κ1) is 13.0. The number of benzene rings is 2. The second-order valence-corrected chi connectivity index (χ2v) is 5.40. The summed E-state index contributed by atoms with van der Waals surface area (Å²) in [4.78, 5) is 0. The fraction of sp³-hybridized carbons (Fsp3) is 0. The first-order chi connectivity index (χ1) is 8.97. The van der Waals surface area contributed by atoms with Crippen LogP contribution in [-0.4, -0.2) is 5.11 Å². The zero-order chi connectivity index (χ0) is 13.7. The summed E-state index contributed by atoms with van der Waals surface area (Å²) in [6.45, 7) is 0. The van der Waals surface area contributed by atoms with Gasteiger partial charge in [0.25, 0.3) is 0 Å². The summed E-state index contributed by atoms with van der Waals surface area (Å²) in [5.41, 5.74) is 0. The molecule has 1 N–H and O–H groups in total. The van der Waals surface area contributed by atoms with Crippen LogP contribution < -0.4 is 9.47 Å². The van der Waals surface area contributed by atoms with E-state index in [1.54, 1.807) is 0 Å². The number of phenolic OH excluding ortho intramolecular Hbond substituents is 1. The van der Waals surface area contributed by atoms with Crippen molar-refractivity contribution in [3.8, 4) is 28.7 Å². The van der Waals surface area contributed by atoms with E-state index < -0.39 is 0 Å². The van der Waals surface area contributed by atoms with E-state index in [2.05, 4.69) is 0 Å². The summed E-state index contributed by atoms with van der Waals surface area (Å²) in [5, 5.41) is 10.4. The molecule has 2 aromatic rings. The molecule has 0 aliphatic carbocycles. The number of ether oxygens (including phenoxy) is 2. The lowest BCUT2D eigenvalue weighted by molar-refractivity contribution is 0.356. The highest BCUT2D eigenvalue weighted by Crippen LogP contribution is 2.55. The molecular weight excluding hydrogens is 334 g/mol. The molecular formula is C12H4Cl4O3. The van der Waals surface area contributed by atoms with Gasteiger partial charge in [-0.05, 0) is 6.07 Å². The topological polar surface area (TPSA) is 38.7 Å². The molecule has 7 heteroatoms. The maximum absolute atomic E-state index is 9.67. The highest BCUT2D eigenvalue weighted by Gasteiger charge is 2.27. The van der Waals surface area contributed by atoms with E-state index in [0.717, 1.165) is 0 Å². The molecule has 1 aliphatic heterocycles. The minimum absolute atomic E-state index is 0.0377. The number of hydrogen-bond acceptors (Lipinski definition) is 3. The number of fused-ring (bicyclic) bond motifs is 2. The lowest BCUT2D eigenvalue weighted by atomic mass is 10.2. The van der Waals surface area contributed by atoms with Gasteiger partial charge in [-0.2, -0.15) is 0 Å². The number of halogens is 4. The van der Waals surface area contributed by atoms with Crippen LogP contribution in [0.2, 0.25) is 20.1 Å². The average Bonchev–Trinajstić information content (AvgIpc) is 2.35. The molecule has 3 rings (SSSR count). The molecule has 1 heterocycles. The van der Waals surface area contributed by atoms with Gasteiger partial charge in [0, 0.05) is 17.2 Å². The Morgan fingerprint density at radius 1 is 0.789 bits per heavy atom.